The van der Waals surface area contributed by atoms with Crippen molar-refractivity contribution in [3.05, 3.63) is 33.8 Å². The van der Waals surface area contributed by atoms with E-state index in [2.05, 4.69) is 12.1 Å². The van der Waals surface area contributed by atoms with E-state index in [1.165, 1.54) is 42.4 Å². The lowest BCUT2D eigenvalue weighted by Crippen LogP contribution is -2.44. The van der Waals surface area contributed by atoms with Crippen LogP contribution < -0.4 is 5.73 Å². The van der Waals surface area contributed by atoms with Crippen LogP contribution in [-0.4, -0.2) is 0 Å². The number of hydrogen-bond donors (Lipinski definition) is 1. The topological polar surface area (TPSA) is 26.0 Å². The molecule has 1 fully saturated rings. The first kappa shape index (κ1) is 9.68. The van der Waals surface area contributed by atoms with Crippen LogP contribution in [0.5, 0.6) is 0 Å². The third kappa shape index (κ3) is 1.41. The standard InChI is InChI=1S/C13H16ClN/c14-10-7-9-3-1-4-11(9)12(8-10)13(15)5-2-6-13/h7-8H,1-6,15H2. The Labute approximate surface area is 95.6 Å². The first-order valence-corrected chi connectivity index (χ1v) is 6.17. The summed E-state index contributed by atoms with van der Waals surface area (Å²) >= 11 is 6.16. The van der Waals surface area contributed by atoms with E-state index in [1.54, 1.807) is 0 Å². The van der Waals surface area contributed by atoms with Gasteiger partial charge in [-0.25, -0.2) is 0 Å². The van der Waals surface area contributed by atoms with E-state index in [1.807, 2.05) is 0 Å². The number of fused-ring (bicyclic) bond motifs is 1. The van der Waals surface area contributed by atoms with Crippen LogP contribution in [0.1, 0.15) is 42.4 Å². The Morgan fingerprint density at radius 3 is 2.60 bits per heavy atom. The van der Waals surface area contributed by atoms with Crippen LogP contribution >= 0.6 is 11.6 Å². The van der Waals surface area contributed by atoms with Gasteiger partial charge in [0, 0.05) is 10.6 Å². The molecule has 2 aliphatic rings. The van der Waals surface area contributed by atoms with Gasteiger partial charge in [-0.15, -0.1) is 0 Å². The minimum Gasteiger partial charge on any atom is -0.321 e. The summed E-state index contributed by atoms with van der Waals surface area (Å²) in [5.41, 5.74) is 10.6. The Balaban J connectivity index is 2.14. The van der Waals surface area contributed by atoms with E-state index >= 15 is 0 Å². The van der Waals surface area contributed by atoms with E-state index in [9.17, 15) is 0 Å². The zero-order chi connectivity index (χ0) is 10.5. The summed E-state index contributed by atoms with van der Waals surface area (Å²) < 4.78 is 0. The van der Waals surface area contributed by atoms with Gasteiger partial charge in [0.05, 0.1) is 0 Å². The average Bonchev–Trinajstić information content (AvgIpc) is 2.60. The van der Waals surface area contributed by atoms with E-state index in [0.717, 1.165) is 17.9 Å². The second kappa shape index (κ2) is 3.23. The average molecular weight is 222 g/mol. The van der Waals surface area contributed by atoms with Crippen LogP contribution in [0.15, 0.2) is 12.1 Å². The van der Waals surface area contributed by atoms with Crippen molar-refractivity contribution in [3.63, 3.8) is 0 Å². The SMILES string of the molecule is NC1(c2cc(Cl)cc3c2CCC3)CCC1. The van der Waals surface area contributed by atoms with Crippen molar-refractivity contribution in [1.82, 2.24) is 0 Å². The molecule has 0 amide bonds. The molecule has 0 saturated heterocycles. The maximum absolute atomic E-state index is 6.41. The molecule has 80 valence electrons. The monoisotopic (exact) mass is 221 g/mol. The second-order valence-electron chi connectivity index (χ2n) is 4.95. The first-order valence-electron chi connectivity index (χ1n) is 5.80. The molecule has 2 N–H and O–H groups in total. The van der Waals surface area contributed by atoms with E-state index in [4.69, 9.17) is 17.3 Å². The normalized spacial score (nSPS) is 22.3. The predicted octanol–water partition coefficient (Wildman–Crippen LogP) is 3.17. The highest BCUT2D eigenvalue weighted by Crippen LogP contribution is 2.43. The van der Waals surface area contributed by atoms with Gasteiger partial charge in [0.2, 0.25) is 0 Å². The molecule has 0 heterocycles. The van der Waals surface area contributed by atoms with Crippen LogP contribution in [0.4, 0.5) is 0 Å². The number of benzene rings is 1. The minimum absolute atomic E-state index is 0.0562. The minimum atomic E-state index is -0.0562. The highest BCUT2D eigenvalue weighted by Gasteiger charge is 2.37. The van der Waals surface area contributed by atoms with Gasteiger partial charge in [0.1, 0.15) is 0 Å². The quantitative estimate of drug-likeness (QED) is 0.775. The molecule has 2 aliphatic carbocycles. The molecule has 0 unspecified atom stereocenters. The molecule has 0 bridgehead atoms. The summed E-state index contributed by atoms with van der Waals surface area (Å²) in [6, 6.07) is 4.22. The summed E-state index contributed by atoms with van der Waals surface area (Å²) in [5, 5.41) is 0.863. The molecule has 1 nitrogen and oxygen atoms in total. The maximum Gasteiger partial charge on any atom is 0.0413 e. The van der Waals surface area contributed by atoms with E-state index in [0.29, 0.717) is 0 Å². The lowest BCUT2D eigenvalue weighted by atomic mass is 9.71. The van der Waals surface area contributed by atoms with Crippen molar-refractivity contribution in [2.45, 2.75) is 44.1 Å². The molecule has 1 aromatic carbocycles. The molecule has 1 saturated carbocycles. The zero-order valence-electron chi connectivity index (χ0n) is 8.85. The number of halogens is 1. The lowest BCUT2D eigenvalue weighted by molar-refractivity contribution is 0.252. The van der Waals surface area contributed by atoms with Crippen LogP contribution in [-0.2, 0) is 18.4 Å². The Morgan fingerprint density at radius 2 is 1.93 bits per heavy atom. The Bertz CT molecular complexity index is 407. The van der Waals surface area contributed by atoms with Crippen LogP contribution in [0.3, 0.4) is 0 Å². The second-order valence-corrected chi connectivity index (χ2v) is 5.39. The molecule has 3 rings (SSSR count). The molecular weight excluding hydrogens is 206 g/mol. The Hall–Kier alpha value is -0.530. The van der Waals surface area contributed by atoms with Crippen molar-refractivity contribution >= 4 is 11.6 Å². The van der Waals surface area contributed by atoms with E-state index in [-0.39, 0.29) is 5.54 Å². The smallest absolute Gasteiger partial charge is 0.0413 e. The largest absolute Gasteiger partial charge is 0.321 e. The van der Waals surface area contributed by atoms with Gasteiger partial charge in [-0.2, -0.15) is 0 Å². The molecule has 0 radical (unpaired) electrons. The summed E-state index contributed by atoms with van der Waals surface area (Å²) in [6.07, 6.45) is 7.15. The fourth-order valence-electron chi connectivity index (χ4n) is 2.94. The van der Waals surface area contributed by atoms with Crippen molar-refractivity contribution in [1.29, 1.82) is 0 Å². The van der Waals surface area contributed by atoms with Gasteiger partial charge in [0.25, 0.3) is 0 Å². The highest BCUT2D eigenvalue weighted by atomic mass is 35.5. The van der Waals surface area contributed by atoms with Gasteiger partial charge in [-0.3, -0.25) is 0 Å². The molecular formula is C13H16ClN. The third-order valence-electron chi connectivity index (χ3n) is 3.96. The van der Waals surface area contributed by atoms with Crippen molar-refractivity contribution in [3.8, 4) is 0 Å². The van der Waals surface area contributed by atoms with Crippen LogP contribution in [0, 0.1) is 0 Å². The predicted molar refractivity (Wildman–Crippen MR) is 63.2 cm³/mol. The van der Waals surface area contributed by atoms with Crippen LogP contribution in [0.25, 0.3) is 0 Å². The zero-order valence-corrected chi connectivity index (χ0v) is 9.61. The van der Waals surface area contributed by atoms with Crippen molar-refractivity contribution in [2.75, 3.05) is 0 Å². The fourth-order valence-corrected chi connectivity index (χ4v) is 3.18. The summed E-state index contributed by atoms with van der Waals surface area (Å²) in [5.74, 6) is 0. The lowest BCUT2D eigenvalue weighted by Gasteiger charge is -2.40. The number of nitrogens with two attached hydrogens (primary N) is 1. The first-order chi connectivity index (χ1) is 7.19. The van der Waals surface area contributed by atoms with Crippen LogP contribution in [0.2, 0.25) is 5.02 Å². The maximum atomic E-state index is 6.41. The Kier molecular flexibility index (Phi) is 2.08. The highest BCUT2D eigenvalue weighted by molar-refractivity contribution is 6.30. The molecule has 1 aromatic rings. The Morgan fingerprint density at radius 1 is 1.13 bits per heavy atom. The molecule has 2 heteroatoms. The van der Waals surface area contributed by atoms with Gasteiger partial charge >= 0.3 is 0 Å². The number of hydrogen-bond acceptors (Lipinski definition) is 1. The van der Waals surface area contributed by atoms with Gasteiger partial charge in [-0.1, -0.05) is 11.6 Å². The molecule has 0 aliphatic heterocycles. The molecule has 15 heavy (non-hydrogen) atoms. The molecule has 0 atom stereocenters. The van der Waals surface area contributed by atoms with Gasteiger partial charge in [0.15, 0.2) is 0 Å². The van der Waals surface area contributed by atoms with Crippen molar-refractivity contribution < 1.29 is 0 Å². The van der Waals surface area contributed by atoms with Gasteiger partial charge < -0.3 is 5.73 Å². The molecule has 0 spiro atoms. The third-order valence-corrected chi connectivity index (χ3v) is 4.18. The summed E-state index contributed by atoms with van der Waals surface area (Å²) in [6.45, 7) is 0. The van der Waals surface area contributed by atoms with Gasteiger partial charge in [-0.05, 0) is 67.3 Å². The fraction of sp³-hybridized carbons (Fsp3) is 0.538. The molecule has 0 aromatic heterocycles. The number of rotatable bonds is 1. The summed E-state index contributed by atoms with van der Waals surface area (Å²) in [7, 11) is 0. The van der Waals surface area contributed by atoms with E-state index < -0.39 is 0 Å². The number of aryl methyl sites for hydroxylation is 1. The van der Waals surface area contributed by atoms with Crippen molar-refractivity contribution in [2.24, 2.45) is 5.73 Å². The summed E-state index contributed by atoms with van der Waals surface area (Å²) in [4.78, 5) is 0.